The van der Waals surface area contributed by atoms with Gasteiger partial charge in [0.25, 0.3) is 0 Å². The molecule has 0 bridgehead atoms. The molecular formula is C20H28N2O. The molecule has 0 saturated carbocycles. The number of ether oxygens (including phenoxy) is 1. The lowest BCUT2D eigenvalue weighted by Gasteiger charge is -2.20. The second-order valence-corrected chi connectivity index (χ2v) is 6.22. The van der Waals surface area contributed by atoms with Crippen molar-refractivity contribution in [2.75, 3.05) is 5.32 Å². The van der Waals surface area contributed by atoms with Crippen LogP contribution in [0.5, 0.6) is 11.6 Å². The minimum atomic E-state index is 0.476. The summed E-state index contributed by atoms with van der Waals surface area (Å²) in [6, 6.07) is 8.76. The van der Waals surface area contributed by atoms with Crippen molar-refractivity contribution in [1.82, 2.24) is 4.98 Å². The summed E-state index contributed by atoms with van der Waals surface area (Å²) in [5.74, 6) is 1.60. The van der Waals surface area contributed by atoms with Crippen LogP contribution in [0, 0.1) is 27.7 Å². The standard InChI is InChI=1S/C20H28N2O/c1-7-17(8-2)22-18-12-15(5)21-20(16(18)6)23-19-13(3)10-9-11-14(19)4/h9-12,17H,7-8H2,1-6H3,(H,21,22). The Labute approximate surface area is 140 Å². The van der Waals surface area contributed by atoms with Gasteiger partial charge in [-0.1, -0.05) is 32.0 Å². The summed E-state index contributed by atoms with van der Waals surface area (Å²) in [6.45, 7) is 12.6. The molecule has 0 saturated heterocycles. The Morgan fingerprint density at radius 1 is 1.04 bits per heavy atom. The van der Waals surface area contributed by atoms with Gasteiger partial charge >= 0.3 is 0 Å². The Morgan fingerprint density at radius 3 is 2.22 bits per heavy atom. The van der Waals surface area contributed by atoms with Crippen LogP contribution in [0.2, 0.25) is 0 Å². The quantitative estimate of drug-likeness (QED) is 0.742. The van der Waals surface area contributed by atoms with Gasteiger partial charge < -0.3 is 10.1 Å². The smallest absolute Gasteiger partial charge is 0.224 e. The normalized spacial score (nSPS) is 10.9. The number of anilines is 1. The number of hydrogen-bond donors (Lipinski definition) is 1. The van der Waals surface area contributed by atoms with Gasteiger partial charge in [0.2, 0.25) is 5.88 Å². The molecule has 1 N–H and O–H groups in total. The van der Waals surface area contributed by atoms with E-state index in [1.165, 1.54) is 0 Å². The van der Waals surface area contributed by atoms with Crippen molar-refractivity contribution in [1.29, 1.82) is 0 Å². The zero-order valence-corrected chi connectivity index (χ0v) is 15.2. The van der Waals surface area contributed by atoms with Crippen molar-refractivity contribution in [2.45, 2.75) is 60.4 Å². The highest BCUT2D eigenvalue weighted by Gasteiger charge is 2.14. The van der Waals surface area contributed by atoms with Crippen molar-refractivity contribution in [3.63, 3.8) is 0 Å². The molecule has 0 aliphatic rings. The minimum Gasteiger partial charge on any atom is -0.438 e. The first-order valence-electron chi connectivity index (χ1n) is 8.45. The van der Waals surface area contributed by atoms with E-state index in [0.29, 0.717) is 11.9 Å². The lowest BCUT2D eigenvalue weighted by atomic mass is 10.1. The van der Waals surface area contributed by atoms with Gasteiger partial charge in [-0.2, -0.15) is 0 Å². The van der Waals surface area contributed by atoms with E-state index in [9.17, 15) is 0 Å². The molecule has 0 atom stereocenters. The van der Waals surface area contributed by atoms with Crippen molar-refractivity contribution in [3.05, 3.63) is 46.6 Å². The lowest BCUT2D eigenvalue weighted by Crippen LogP contribution is -2.18. The molecule has 0 spiro atoms. The van der Waals surface area contributed by atoms with Crippen LogP contribution in [0.3, 0.4) is 0 Å². The molecule has 23 heavy (non-hydrogen) atoms. The fourth-order valence-electron chi connectivity index (χ4n) is 2.73. The number of rotatable bonds is 6. The van der Waals surface area contributed by atoms with Crippen LogP contribution in [-0.4, -0.2) is 11.0 Å². The van der Waals surface area contributed by atoms with Crippen LogP contribution in [0.15, 0.2) is 24.3 Å². The molecule has 2 aromatic rings. The van der Waals surface area contributed by atoms with E-state index in [2.05, 4.69) is 63.1 Å². The minimum absolute atomic E-state index is 0.476. The number of nitrogens with one attached hydrogen (secondary N) is 1. The molecule has 0 aliphatic carbocycles. The Bertz CT molecular complexity index is 655. The number of benzene rings is 1. The second-order valence-electron chi connectivity index (χ2n) is 6.22. The highest BCUT2D eigenvalue weighted by molar-refractivity contribution is 5.57. The molecule has 2 rings (SSSR count). The highest BCUT2D eigenvalue weighted by atomic mass is 16.5. The fraction of sp³-hybridized carbons (Fsp3) is 0.450. The lowest BCUT2D eigenvalue weighted by molar-refractivity contribution is 0.451. The van der Waals surface area contributed by atoms with E-state index in [-0.39, 0.29) is 0 Å². The second kappa shape index (κ2) is 7.49. The summed E-state index contributed by atoms with van der Waals surface area (Å²) in [7, 11) is 0. The Balaban J connectivity index is 2.38. The third-order valence-corrected chi connectivity index (χ3v) is 4.31. The first-order valence-corrected chi connectivity index (χ1v) is 8.45. The number of aryl methyl sites for hydroxylation is 3. The average Bonchev–Trinajstić information content (AvgIpc) is 2.52. The monoisotopic (exact) mass is 312 g/mol. The zero-order chi connectivity index (χ0) is 17.0. The molecule has 1 heterocycles. The molecule has 1 aromatic carbocycles. The van der Waals surface area contributed by atoms with Gasteiger partial charge in [0.05, 0.1) is 0 Å². The largest absolute Gasteiger partial charge is 0.438 e. The van der Waals surface area contributed by atoms with E-state index in [0.717, 1.165) is 46.7 Å². The maximum Gasteiger partial charge on any atom is 0.224 e. The predicted molar refractivity (Wildman–Crippen MR) is 97.7 cm³/mol. The van der Waals surface area contributed by atoms with Crippen LogP contribution in [0.4, 0.5) is 5.69 Å². The number of nitrogens with zero attached hydrogens (tertiary/aromatic N) is 1. The fourth-order valence-corrected chi connectivity index (χ4v) is 2.73. The summed E-state index contributed by atoms with van der Waals surface area (Å²) in [4.78, 5) is 4.61. The molecule has 0 fully saturated rings. The molecule has 0 aliphatic heterocycles. The number of pyridine rings is 1. The first-order chi connectivity index (χ1) is 11.0. The average molecular weight is 312 g/mol. The van der Waals surface area contributed by atoms with Gasteiger partial charge in [-0.3, -0.25) is 0 Å². The van der Waals surface area contributed by atoms with Gasteiger partial charge in [0.1, 0.15) is 5.75 Å². The van der Waals surface area contributed by atoms with Crippen LogP contribution in [-0.2, 0) is 0 Å². The van der Waals surface area contributed by atoms with Crippen molar-refractivity contribution in [3.8, 4) is 11.6 Å². The molecule has 0 amide bonds. The highest BCUT2D eigenvalue weighted by Crippen LogP contribution is 2.33. The topological polar surface area (TPSA) is 34.2 Å². The molecule has 124 valence electrons. The van der Waals surface area contributed by atoms with Crippen LogP contribution in [0.1, 0.15) is 49.1 Å². The van der Waals surface area contributed by atoms with Crippen molar-refractivity contribution in [2.24, 2.45) is 0 Å². The van der Waals surface area contributed by atoms with E-state index < -0.39 is 0 Å². The third kappa shape index (κ3) is 4.04. The Kier molecular flexibility index (Phi) is 5.64. The molecule has 3 nitrogen and oxygen atoms in total. The third-order valence-electron chi connectivity index (χ3n) is 4.31. The van der Waals surface area contributed by atoms with Gasteiger partial charge in [-0.25, -0.2) is 4.98 Å². The SMILES string of the molecule is CCC(CC)Nc1cc(C)nc(Oc2c(C)cccc2C)c1C. The number of hydrogen-bond acceptors (Lipinski definition) is 3. The molecule has 0 radical (unpaired) electrons. The molecule has 1 aromatic heterocycles. The van der Waals surface area contributed by atoms with E-state index in [1.807, 2.05) is 13.0 Å². The van der Waals surface area contributed by atoms with Crippen LogP contribution < -0.4 is 10.1 Å². The molecule has 0 unspecified atom stereocenters. The van der Waals surface area contributed by atoms with Gasteiger partial charge in [0.15, 0.2) is 0 Å². The summed E-state index contributed by atoms with van der Waals surface area (Å²) < 4.78 is 6.19. The Hall–Kier alpha value is -2.03. The van der Waals surface area contributed by atoms with Crippen molar-refractivity contribution < 1.29 is 4.74 Å². The molecular weight excluding hydrogens is 284 g/mol. The van der Waals surface area contributed by atoms with E-state index in [4.69, 9.17) is 4.74 Å². The van der Waals surface area contributed by atoms with Crippen LogP contribution >= 0.6 is 0 Å². The predicted octanol–water partition coefficient (Wildman–Crippen LogP) is 5.71. The zero-order valence-electron chi connectivity index (χ0n) is 15.2. The number of aromatic nitrogens is 1. The Morgan fingerprint density at radius 2 is 1.65 bits per heavy atom. The van der Waals surface area contributed by atoms with E-state index >= 15 is 0 Å². The first kappa shape index (κ1) is 17.3. The molecule has 3 heteroatoms. The van der Waals surface area contributed by atoms with Gasteiger partial charge in [0, 0.05) is 23.0 Å². The van der Waals surface area contributed by atoms with Crippen LogP contribution in [0.25, 0.3) is 0 Å². The summed E-state index contributed by atoms with van der Waals surface area (Å²) in [6.07, 6.45) is 2.20. The summed E-state index contributed by atoms with van der Waals surface area (Å²) in [5, 5.41) is 3.62. The number of para-hydroxylation sites is 1. The van der Waals surface area contributed by atoms with E-state index in [1.54, 1.807) is 0 Å². The maximum absolute atomic E-state index is 6.19. The van der Waals surface area contributed by atoms with Crippen molar-refractivity contribution >= 4 is 5.69 Å². The summed E-state index contributed by atoms with van der Waals surface area (Å²) in [5.41, 5.74) is 5.40. The van der Waals surface area contributed by atoms with Gasteiger partial charge in [-0.05, 0) is 57.7 Å². The van der Waals surface area contributed by atoms with Gasteiger partial charge in [-0.15, -0.1) is 0 Å². The summed E-state index contributed by atoms with van der Waals surface area (Å²) >= 11 is 0. The maximum atomic E-state index is 6.19.